The summed E-state index contributed by atoms with van der Waals surface area (Å²) in [6.07, 6.45) is 2.02. The number of benzene rings is 1. The lowest BCUT2D eigenvalue weighted by Crippen LogP contribution is -2.53. The number of hydrogen-bond acceptors (Lipinski definition) is 4. The lowest BCUT2D eigenvalue weighted by atomic mass is 9.92. The van der Waals surface area contributed by atoms with E-state index < -0.39 is 18.1 Å². The van der Waals surface area contributed by atoms with Crippen molar-refractivity contribution >= 4 is 16.9 Å². The molecule has 2 aromatic rings. The molecule has 1 atom stereocenters. The number of aliphatic hydroxyl groups excluding tert-OH is 1. The molecule has 2 rings (SSSR count). The summed E-state index contributed by atoms with van der Waals surface area (Å²) in [6, 6.07) is 7.71. The fourth-order valence-electron chi connectivity index (χ4n) is 2.01. The maximum Gasteiger partial charge on any atom is 0.328 e. The molecule has 4 N–H and O–H groups in total. The van der Waals surface area contributed by atoms with Crippen LogP contribution in [0.25, 0.3) is 10.9 Å². The van der Waals surface area contributed by atoms with Crippen molar-refractivity contribution in [2.75, 3.05) is 13.7 Å². The first-order chi connectivity index (χ1) is 8.60. The molecule has 0 amide bonds. The molecule has 1 heterocycles. The molecule has 0 saturated carbocycles. The van der Waals surface area contributed by atoms with Crippen LogP contribution in [0.2, 0.25) is 0 Å². The second kappa shape index (κ2) is 4.80. The van der Waals surface area contributed by atoms with Crippen LogP contribution in [-0.2, 0) is 16.0 Å². The first-order valence-corrected chi connectivity index (χ1v) is 5.64. The van der Waals surface area contributed by atoms with E-state index >= 15 is 0 Å². The van der Waals surface area contributed by atoms with E-state index in [1.807, 2.05) is 24.3 Å². The van der Waals surface area contributed by atoms with Crippen LogP contribution in [0.15, 0.2) is 30.5 Å². The normalized spacial score (nSPS) is 14.4. The standard InChI is InChI=1S/C13H16N2O3/c1-18-12(17)13(14,8-16)6-9-7-15-11-5-3-2-4-10(9)11/h2-5,7,15-16H,6,8,14H2,1H3/t13-/m0/s1. The molecule has 0 saturated heterocycles. The summed E-state index contributed by atoms with van der Waals surface area (Å²) in [6.45, 7) is -0.459. The average molecular weight is 248 g/mol. The van der Waals surface area contributed by atoms with Gasteiger partial charge in [0.15, 0.2) is 0 Å². The molecule has 0 radical (unpaired) electrons. The van der Waals surface area contributed by atoms with Crippen LogP contribution in [0.1, 0.15) is 5.56 Å². The number of aromatic amines is 1. The summed E-state index contributed by atoms with van der Waals surface area (Å²) in [7, 11) is 1.26. The van der Waals surface area contributed by atoms with E-state index in [2.05, 4.69) is 9.72 Å². The largest absolute Gasteiger partial charge is 0.468 e. The minimum Gasteiger partial charge on any atom is -0.468 e. The number of ether oxygens (including phenoxy) is 1. The minimum atomic E-state index is -1.40. The Balaban J connectivity index is 2.35. The number of methoxy groups -OCH3 is 1. The Morgan fingerprint density at radius 3 is 2.89 bits per heavy atom. The highest BCUT2D eigenvalue weighted by Gasteiger charge is 2.35. The summed E-state index contributed by atoms with van der Waals surface area (Å²) in [4.78, 5) is 14.7. The number of rotatable bonds is 4. The number of hydrogen-bond donors (Lipinski definition) is 3. The van der Waals surface area contributed by atoms with E-state index in [1.54, 1.807) is 6.20 Å². The molecule has 0 fully saturated rings. The number of nitrogens with two attached hydrogens (primary N) is 1. The second-order valence-corrected chi connectivity index (χ2v) is 4.34. The molecule has 1 aromatic carbocycles. The third kappa shape index (κ3) is 2.10. The number of aromatic nitrogens is 1. The first kappa shape index (κ1) is 12.6. The summed E-state index contributed by atoms with van der Waals surface area (Å²) in [5.41, 5.74) is 6.34. The number of para-hydroxylation sites is 1. The Kier molecular flexibility index (Phi) is 3.36. The van der Waals surface area contributed by atoms with Gasteiger partial charge in [0.2, 0.25) is 0 Å². The van der Waals surface area contributed by atoms with E-state index in [4.69, 9.17) is 5.73 Å². The van der Waals surface area contributed by atoms with Gasteiger partial charge in [-0.15, -0.1) is 0 Å². The van der Waals surface area contributed by atoms with Crippen molar-refractivity contribution in [3.05, 3.63) is 36.0 Å². The van der Waals surface area contributed by atoms with E-state index in [-0.39, 0.29) is 6.42 Å². The fourth-order valence-corrected chi connectivity index (χ4v) is 2.01. The summed E-state index contributed by atoms with van der Waals surface area (Å²) >= 11 is 0. The van der Waals surface area contributed by atoms with E-state index in [0.717, 1.165) is 16.5 Å². The van der Waals surface area contributed by atoms with Gasteiger partial charge in [-0.2, -0.15) is 0 Å². The molecule has 96 valence electrons. The zero-order chi connectivity index (χ0) is 13.2. The molecule has 1 aromatic heterocycles. The van der Waals surface area contributed by atoms with Crippen LogP contribution in [0.5, 0.6) is 0 Å². The number of carbonyl (C=O) groups excluding carboxylic acids is 1. The lowest BCUT2D eigenvalue weighted by Gasteiger charge is -2.23. The predicted molar refractivity (Wildman–Crippen MR) is 68.0 cm³/mol. The van der Waals surface area contributed by atoms with Gasteiger partial charge in [0.1, 0.15) is 5.54 Å². The fraction of sp³-hybridized carbons (Fsp3) is 0.308. The van der Waals surface area contributed by atoms with Crippen molar-refractivity contribution in [2.45, 2.75) is 12.0 Å². The average Bonchev–Trinajstić information content (AvgIpc) is 2.81. The molecule has 5 heteroatoms. The van der Waals surface area contributed by atoms with Crippen molar-refractivity contribution in [2.24, 2.45) is 5.73 Å². The topological polar surface area (TPSA) is 88.3 Å². The summed E-state index contributed by atoms with van der Waals surface area (Å²) in [5, 5.41) is 10.3. The molecule has 0 aliphatic rings. The van der Waals surface area contributed by atoms with Gasteiger partial charge in [0, 0.05) is 23.5 Å². The molecular formula is C13H16N2O3. The highest BCUT2D eigenvalue weighted by molar-refractivity contribution is 5.86. The number of fused-ring (bicyclic) bond motifs is 1. The maximum absolute atomic E-state index is 11.6. The van der Waals surface area contributed by atoms with Gasteiger partial charge in [-0.3, -0.25) is 0 Å². The summed E-state index contributed by atoms with van der Waals surface area (Å²) in [5.74, 6) is -0.615. The Morgan fingerprint density at radius 1 is 1.50 bits per heavy atom. The van der Waals surface area contributed by atoms with Gasteiger partial charge < -0.3 is 20.6 Å². The quantitative estimate of drug-likeness (QED) is 0.690. The highest BCUT2D eigenvalue weighted by Crippen LogP contribution is 2.22. The second-order valence-electron chi connectivity index (χ2n) is 4.34. The molecule has 0 spiro atoms. The van der Waals surface area contributed by atoms with Gasteiger partial charge >= 0.3 is 5.97 Å². The zero-order valence-corrected chi connectivity index (χ0v) is 10.1. The number of nitrogens with one attached hydrogen (secondary N) is 1. The number of H-pyrrole nitrogens is 1. The molecule has 18 heavy (non-hydrogen) atoms. The Bertz CT molecular complexity index is 564. The smallest absolute Gasteiger partial charge is 0.328 e. The lowest BCUT2D eigenvalue weighted by molar-refractivity contribution is -0.148. The third-order valence-corrected chi connectivity index (χ3v) is 3.05. The van der Waals surface area contributed by atoms with Crippen LogP contribution in [0.4, 0.5) is 0 Å². The summed E-state index contributed by atoms with van der Waals surface area (Å²) < 4.78 is 4.63. The third-order valence-electron chi connectivity index (χ3n) is 3.05. The molecular weight excluding hydrogens is 232 g/mol. The first-order valence-electron chi connectivity index (χ1n) is 5.64. The van der Waals surface area contributed by atoms with Gasteiger partial charge in [-0.05, 0) is 11.6 Å². The van der Waals surface area contributed by atoms with Crippen LogP contribution in [-0.4, -0.2) is 35.3 Å². The van der Waals surface area contributed by atoms with E-state index in [0.29, 0.717) is 0 Å². The minimum absolute atomic E-state index is 0.222. The van der Waals surface area contributed by atoms with Crippen LogP contribution in [0.3, 0.4) is 0 Å². The molecule has 0 unspecified atom stereocenters. The number of esters is 1. The Hall–Kier alpha value is -1.85. The van der Waals surface area contributed by atoms with Crippen LogP contribution in [0, 0.1) is 0 Å². The number of carbonyl (C=O) groups is 1. The zero-order valence-electron chi connectivity index (χ0n) is 10.1. The SMILES string of the molecule is COC(=O)[C@@](N)(CO)Cc1c[nH]c2ccccc12. The van der Waals surface area contributed by atoms with Crippen molar-refractivity contribution in [1.29, 1.82) is 0 Å². The van der Waals surface area contributed by atoms with E-state index in [9.17, 15) is 9.90 Å². The van der Waals surface area contributed by atoms with Gasteiger partial charge in [-0.25, -0.2) is 4.79 Å². The molecule has 0 aliphatic carbocycles. The van der Waals surface area contributed by atoms with Crippen LogP contribution >= 0.6 is 0 Å². The van der Waals surface area contributed by atoms with Gasteiger partial charge in [-0.1, -0.05) is 18.2 Å². The maximum atomic E-state index is 11.6. The monoisotopic (exact) mass is 248 g/mol. The molecule has 0 bridgehead atoms. The van der Waals surface area contributed by atoms with Gasteiger partial charge in [0.25, 0.3) is 0 Å². The van der Waals surface area contributed by atoms with Crippen molar-refractivity contribution < 1.29 is 14.6 Å². The van der Waals surface area contributed by atoms with Crippen molar-refractivity contribution in [1.82, 2.24) is 4.98 Å². The Morgan fingerprint density at radius 2 is 2.22 bits per heavy atom. The van der Waals surface area contributed by atoms with E-state index in [1.165, 1.54) is 7.11 Å². The van der Waals surface area contributed by atoms with Crippen molar-refractivity contribution in [3.63, 3.8) is 0 Å². The molecule has 5 nitrogen and oxygen atoms in total. The Labute approximate surface area is 105 Å². The number of aliphatic hydroxyl groups is 1. The van der Waals surface area contributed by atoms with Crippen LogP contribution < -0.4 is 5.73 Å². The van der Waals surface area contributed by atoms with Gasteiger partial charge in [0.05, 0.1) is 13.7 Å². The molecule has 0 aliphatic heterocycles. The van der Waals surface area contributed by atoms with Crippen molar-refractivity contribution in [3.8, 4) is 0 Å². The predicted octanol–water partition coefficient (Wildman–Crippen LogP) is 0.573. The highest BCUT2D eigenvalue weighted by atomic mass is 16.5.